The van der Waals surface area contributed by atoms with Gasteiger partial charge in [0, 0.05) is 18.0 Å². The summed E-state index contributed by atoms with van der Waals surface area (Å²) in [5, 5.41) is 0. The number of nitrogens with zero attached hydrogens (tertiary/aromatic N) is 2. The molecule has 7 nitrogen and oxygen atoms in total. The van der Waals surface area contributed by atoms with Gasteiger partial charge in [0.1, 0.15) is 5.70 Å². The molecular formula is C23H18N2O5S. The molecule has 156 valence electrons. The summed E-state index contributed by atoms with van der Waals surface area (Å²) in [6.45, 7) is -0.0394. The van der Waals surface area contributed by atoms with Crippen molar-refractivity contribution in [2.75, 3.05) is 7.11 Å². The van der Waals surface area contributed by atoms with Gasteiger partial charge in [-0.25, -0.2) is 13.2 Å². The normalized spacial score (nSPS) is 16.1. The first-order valence-electron chi connectivity index (χ1n) is 9.37. The molecule has 0 saturated heterocycles. The second kappa shape index (κ2) is 8.16. The largest absolute Gasteiger partial charge is 0.465 e. The Kier molecular flexibility index (Phi) is 5.39. The number of rotatable bonds is 4. The fourth-order valence-electron chi connectivity index (χ4n) is 3.33. The first-order valence-corrected chi connectivity index (χ1v) is 10.8. The van der Waals surface area contributed by atoms with Crippen molar-refractivity contribution in [3.05, 3.63) is 101 Å². The van der Waals surface area contributed by atoms with Crippen molar-refractivity contribution < 1.29 is 22.7 Å². The monoisotopic (exact) mass is 434 g/mol. The zero-order valence-corrected chi connectivity index (χ0v) is 17.4. The summed E-state index contributed by atoms with van der Waals surface area (Å²) in [4.78, 5) is 28.9. The smallest absolute Gasteiger partial charge is 0.337 e. The lowest BCUT2D eigenvalue weighted by molar-refractivity contribution is 0.0600. The molecule has 0 unspecified atom stereocenters. The quantitative estimate of drug-likeness (QED) is 0.462. The Balaban J connectivity index is 1.83. The number of hydrogen-bond acceptors (Lipinski definition) is 6. The van der Waals surface area contributed by atoms with E-state index in [1.165, 1.54) is 25.3 Å². The van der Waals surface area contributed by atoms with E-state index in [9.17, 15) is 18.0 Å². The Morgan fingerprint density at radius 1 is 1.06 bits per heavy atom. The minimum Gasteiger partial charge on any atom is -0.465 e. The van der Waals surface area contributed by atoms with Crippen LogP contribution in [0.1, 0.15) is 31.8 Å². The van der Waals surface area contributed by atoms with E-state index < -0.39 is 21.8 Å². The summed E-state index contributed by atoms with van der Waals surface area (Å²) in [5.74, 6) is -0.881. The highest BCUT2D eigenvalue weighted by Crippen LogP contribution is 2.34. The SMILES string of the molecule is COC(=O)c1ccc(/C=C2\C(=O)c3ccccc3S(=O)(=O)N2Cc2cccnc2)cc1. The van der Waals surface area contributed by atoms with Gasteiger partial charge in [-0.2, -0.15) is 0 Å². The van der Waals surface area contributed by atoms with Crippen LogP contribution in [-0.4, -0.2) is 36.6 Å². The van der Waals surface area contributed by atoms with Crippen LogP contribution >= 0.6 is 0 Å². The van der Waals surface area contributed by atoms with Crippen molar-refractivity contribution in [1.29, 1.82) is 0 Å². The maximum atomic E-state index is 13.4. The van der Waals surface area contributed by atoms with E-state index in [-0.39, 0.29) is 22.7 Å². The van der Waals surface area contributed by atoms with Crippen LogP contribution in [0.2, 0.25) is 0 Å². The Hall–Kier alpha value is -3.78. The molecule has 0 spiro atoms. The van der Waals surface area contributed by atoms with Gasteiger partial charge in [-0.1, -0.05) is 30.3 Å². The topological polar surface area (TPSA) is 93.6 Å². The zero-order valence-electron chi connectivity index (χ0n) is 16.6. The van der Waals surface area contributed by atoms with Gasteiger partial charge in [0.15, 0.2) is 0 Å². The minimum absolute atomic E-state index is 0.0216. The van der Waals surface area contributed by atoms with Crippen molar-refractivity contribution in [3.8, 4) is 0 Å². The molecule has 4 rings (SSSR count). The van der Waals surface area contributed by atoms with Gasteiger partial charge in [-0.15, -0.1) is 0 Å². The van der Waals surface area contributed by atoms with Gasteiger partial charge < -0.3 is 4.74 Å². The first kappa shape index (κ1) is 20.5. The Morgan fingerprint density at radius 3 is 2.48 bits per heavy atom. The maximum Gasteiger partial charge on any atom is 0.337 e. The van der Waals surface area contributed by atoms with E-state index in [0.717, 1.165) is 4.31 Å². The summed E-state index contributed by atoms with van der Waals surface area (Å²) in [6.07, 6.45) is 4.66. The second-order valence-corrected chi connectivity index (χ2v) is 8.67. The lowest BCUT2D eigenvalue weighted by atomic mass is 10.0. The Bertz CT molecular complexity index is 1280. The summed E-state index contributed by atoms with van der Waals surface area (Å²) >= 11 is 0. The minimum atomic E-state index is -3.97. The zero-order chi connectivity index (χ0) is 22.0. The molecule has 0 saturated carbocycles. The molecule has 0 atom stereocenters. The fourth-order valence-corrected chi connectivity index (χ4v) is 4.98. The van der Waals surface area contributed by atoms with E-state index in [1.807, 2.05) is 0 Å². The summed E-state index contributed by atoms with van der Waals surface area (Å²) in [6, 6.07) is 16.0. The van der Waals surface area contributed by atoms with Crippen LogP contribution in [0.4, 0.5) is 0 Å². The third-order valence-corrected chi connectivity index (χ3v) is 6.70. The van der Waals surface area contributed by atoms with Gasteiger partial charge >= 0.3 is 5.97 Å². The molecule has 0 radical (unpaired) electrons. The number of ketones is 1. The molecule has 0 bridgehead atoms. The van der Waals surface area contributed by atoms with Crippen LogP contribution in [0, 0.1) is 0 Å². The molecule has 3 aromatic rings. The van der Waals surface area contributed by atoms with E-state index in [0.29, 0.717) is 16.7 Å². The maximum absolute atomic E-state index is 13.4. The van der Waals surface area contributed by atoms with Crippen molar-refractivity contribution in [2.45, 2.75) is 11.4 Å². The molecule has 1 aliphatic rings. The summed E-state index contributed by atoms with van der Waals surface area (Å²) in [7, 11) is -2.68. The van der Waals surface area contributed by atoms with Crippen molar-refractivity contribution in [1.82, 2.24) is 9.29 Å². The lowest BCUT2D eigenvalue weighted by Crippen LogP contribution is -2.38. The number of methoxy groups -OCH3 is 1. The molecule has 0 amide bonds. The second-order valence-electron chi connectivity index (χ2n) is 6.84. The van der Waals surface area contributed by atoms with E-state index >= 15 is 0 Å². The van der Waals surface area contributed by atoms with Gasteiger partial charge in [0.2, 0.25) is 5.78 Å². The predicted molar refractivity (Wildman–Crippen MR) is 113 cm³/mol. The van der Waals surface area contributed by atoms with Crippen molar-refractivity contribution in [3.63, 3.8) is 0 Å². The van der Waals surface area contributed by atoms with Crippen LogP contribution in [0.5, 0.6) is 0 Å². The Labute approximate surface area is 179 Å². The summed E-state index contributed by atoms with van der Waals surface area (Å²) < 4.78 is 32.6. The number of allylic oxidation sites excluding steroid dienone is 1. The number of pyridine rings is 1. The third-order valence-electron chi connectivity index (χ3n) is 4.89. The highest BCUT2D eigenvalue weighted by molar-refractivity contribution is 7.89. The van der Waals surface area contributed by atoms with Gasteiger partial charge in [0.05, 0.1) is 24.1 Å². The number of hydrogen-bond donors (Lipinski definition) is 0. The molecule has 1 aromatic heterocycles. The van der Waals surface area contributed by atoms with Gasteiger partial charge in [-0.3, -0.25) is 14.1 Å². The fraction of sp³-hybridized carbons (Fsp3) is 0.0870. The van der Waals surface area contributed by atoms with Crippen LogP contribution in [0.25, 0.3) is 6.08 Å². The Morgan fingerprint density at radius 2 is 1.81 bits per heavy atom. The van der Waals surface area contributed by atoms with Gasteiger partial charge in [-0.05, 0) is 47.5 Å². The van der Waals surface area contributed by atoms with Crippen LogP contribution < -0.4 is 0 Å². The van der Waals surface area contributed by atoms with E-state index in [2.05, 4.69) is 4.98 Å². The number of carbonyl (C=O) groups is 2. The van der Waals surface area contributed by atoms with Gasteiger partial charge in [0.25, 0.3) is 10.0 Å². The highest BCUT2D eigenvalue weighted by atomic mass is 32.2. The number of fused-ring (bicyclic) bond motifs is 1. The molecule has 0 fully saturated rings. The number of benzene rings is 2. The molecule has 8 heteroatoms. The summed E-state index contributed by atoms with van der Waals surface area (Å²) in [5.41, 5.74) is 1.72. The molecule has 1 aliphatic heterocycles. The highest BCUT2D eigenvalue weighted by Gasteiger charge is 2.39. The average molecular weight is 434 g/mol. The number of aromatic nitrogens is 1. The van der Waals surface area contributed by atoms with Crippen LogP contribution in [0.15, 0.2) is 83.6 Å². The molecule has 0 N–H and O–H groups in total. The number of esters is 1. The molecule has 2 heterocycles. The molecule has 0 aliphatic carbocycles. The molecule has 2 aromatic carbocycles. The standard InChI is InChI=1S/C23H18N2O5S/c1-30-23(27)18-10-8-16(9-11-18)13-20-22(26)19-6-2-3-7-21(19)31(28,29)25(20)15-17-5-4-12-24-14-17/h2-14H,15H2,1H3/b20-13+. The van der Waals surface area contributed by atoms with Crippen molar-refractivity contribution >= 4 is 27.9 Å². The number of Topliss-reactive ketones (excluding diaryl/α,β-unsaturated/α-hetero) is 1. The van der Waals surface area contributed by atoms with E-state index in [1.54, 1.807) is 60.9 Å². The molecular weight excluding hydrogens is 416 g/mol. The molecule has 31 heavy (non-hydrogen) atoms. The number of sulfonamides is 1. The van der Waals surface area contributed by atoms with Crippen LogP contribution in [-0.2, 0) is 21.3 Å². The average Bonchev–Trinajstić information content (AvgIpc) is 2.80. The third kappa shape index (κ3) is 3.85. The van der Waals surface area contributed by atoms with E-state index in [4.69, 9.17) is 4.74 Å². The first-order chi connectivity index (χ1) is 14.9. The van der Waals surface area contributed by atoms with Crippen LogP contribution in [0.3, 0.4) is 0 Å². The lowest BCUT2D eigenvalue weighted by Gasteiger charge is -2.31. The number of ether oxygens (including phenoxy) is 1. The van der Waals surface area contributed by atoms with Crippen molar-refractivity contribution in [2.24, 2.45) is 0 Å². The number of carbonyl (C=O) groups excluding carboxylic acids is 2. The predicted octanol–water partition coefficient (Wildman–Crippen LogP) is 3.30.